The standard InChI is InChI=1S/C15H11N5O2S/c1-8-3-2-4-9-11(8)15(21)22-10(20-9)5-23-14-12-13(17-6-16-12)18-7-19-14/h2-4,6-7H,5H2,1H3,(H,16,17,18,19). The zero-order valence-electron chi connectivity index (χ0n) is 12.1. The molecule has 0 spiro atoms. The lowest BCUT2D eigenvalue weighted by Crippen LogP contribution is -2.06. The number of hydrogen-bond donors (Lipinski definition) is 1. The Hall–Kier alpha value is -2.74. The quantitative estimate of drug-likeness (QED) is 0.456. The summed E-state index contributed by atoms with van der Waals surface area (Å²) in [5.41, 5.74) is 2.50. The predicted molar refractivity (Wildman–Crippen MR) is 86.3 cm³/mol. The summed E-state index contributed by atoms with van der Waals surface area (Å²) in [4.78, 5) is 32.0. The minimum atomic E-state index is -0.365. The largest absolute Gasteiger partial charge is 0.407 e. The van der Waals surface area contributed by atoms with E-state index < -0.39 is 0 Å². The molecule has 0 amide bonds. The Morgan fingerprint density at radius 1 is 1.26 bits per heavy atom. The van der Waals surface area contributed by atoms with E-state index in [2.05, 4.69) is 24.9 Å². The number of rotatable bonds is 3. The second-order valence-corrected chi connectivity index (χ2v) is 5.90. The van der Waals surface area contributed by atoms with Gasteiger partial charge in [0.05, 0.1) is 23.0 Å². The highest BCUT2D eigenvalue weighted by Gasteiger charge is 2.11. The van der Waals surface area contributed by atoms with Gasteiger partial charge in [-0.1, -0.05) is 23.9 Å². The summed E-state index contributed by atoms with van der Waals surface area (Å²) in [6, 6.07) is 5.55. The van der Waals surface area contributed by atoms with Crippen molar-refractivity contribution in [3.05, 3.63) is 52.7 Å². The summed E-state index contributed by atoms with van der Waals surface area (Å²) in [5, 5.41) is 1.24. The van der Waals surface area contributed by atoms with Crippen LogP contribution in [0.5, 0.6) is 0 Å². The summed E-state index contributed by atoms with van der Waals surface area (Å²) in [5.74, 6) is 0.748. The van der Waals surface area contributed by atoms with E-state index in [1.165, 1.54) is 18.1 Å². The third kappa shape index (κ3) is 2.46. The Kier molecular flexibility index (Phi) is 3.30. The summed E-state index contributed by atoms with van der Waals surface area (Å²) in [6.45, 7) is 1.87. The zero-order chi connectivity index (χ0) is 15.8. The first-order valence-electron chi connectivity index (χ1n) is 6.88. The van der Waals surface area contributed by atoms with Gasteiger partial charge in [0, 0.05) is 0 Å². The number of hydrogen-bond acceptors (Lipinski definition) is 7. The van der Waals surface area contributed by atoms with Gasteiger partial charge in [0.2, 0.25) is 5.89 Å². The zero-order valence-corrected chi connectivity index (χ0v) is 12.9. The molecule has 0 unspecified atom stereocenters. The van der Waals surface area contributed by atoms with Crippen LogP contribution in [0.4, 0.5) is 0 Å². The van der Waals surface area contributed by atoms with Gasteiger partial charge in [0.25, 0.3) is 0 Å². The van der Waals surface area contributed by atoms with Crippen LogP contribution in [0.2, 0.25) is 0 Å². The van der Waals surface area contributed by atoms with Gasteiger partial charge in [-0.3, -0.25) is 0 Å². The molecule has 7 nitrogen and oxygen atoms in total. The van der Waals surface area contributed by atoms with Crippen molar-refractivity contribution in [1.29, 1.82) is 0 Å². The van der Waals surface area contributed by atoms with E-state index in [0.29, 0.717) is 38.7 Å². The van der Waals surface area contributed by atoms with Crippen LogP contribution in [0.1, 0.15) is 11.5 Å². The van der Waals surface area contributed by atoms with Crippen molar-refractivity contribution in [2.24, 2.45) is 0 Å². The van der Waals surface area contributed by atoms with E-state index in [1.807, 2.05) is 25.1 Å². The van der Waals surface area contributed by atoms with Crippen LogP contribution in [0.3, 0.4) is 0 Å². The number of aromatic nitrogens is 5. The highest BCUT2D eigenvalue weighted by atomic mass is 32.2. The summed E-state index contributed by atoms with van der Waals surface area (Å²) in [6.07, 6.45) is 3.04. The second-order valence-electron chi connectivity index (χ2n) is 4.93. The SMILES string of the molecule is Cc1cccc2nc(CSc3ncnc4[nH]cnc34)oc(=O)c12. The molecule has 0 bridgehead atoms. The number of nitrogens with zero attached hydrogens (tertiary/aromatic N) is 4. The Morgan fingerprint density at radius 3 is 3.09 bits per heavy atom. The minimum absolute atomic E-state index is 0.361. The Labute approximate surface area is 134 Å². The smallest absolute Gasteiger partial charge is 0.347 e. The lowest BCUT2D eigenvalue weighted by molar-refractivity contribution is 0.463. The molecular weight excluding hydrogens is 314 g/mol. The van der Waals surface area contributed by atoms with Crippen LogP contribution in [0.25, 0.3) is 22.1 Å². The summed E-state index contributed by atoms with van der Waals surface area (Å²) < 4.78 is 5.33. The average molecular weight is 325 g/mol. The highest BCUT2D eigenvalue weighted by molar-refractivity contribution is 7.98. The fraction of sp³-hybridized carbons (Fsp3) is 0.133. The lowest BCUT2D eigenvalue weighted by Gasteiger charge is -2.03. The highest BCUT2D eigenvalue weighted by Crippen LogP contribution is 2.25. The fourth-order valence-corrected chi connectivity index (χ4v) is 3.16. The first-order chi connectivity index (χ1) is 11.2. The molecule has 0 saturated heterocycles. The monoisotopic (exact) mass is 325 g/mol. The number of aromatic amines is 1. The van der Waals surface area contributed by atoms with Crippen LogP contribution in [0.15, 0.2) is 45.1 Å². The number of aryl methyl sites for hydroxylation is 1. The minimum Gasteiger partial charge on any atom is -0.407 e. The van der Waals surface area contributed by atoms with E-state index in [-0.39, 0.29) is 5.63 Å². The molecule has 0 radical (unpaired) electrons. The molecule has 1 N–H and O–H groups in total. The number of thioether (sulfide) groups is 1. The molecule has 4 rings (SSSR count). The van der Waals surface area contributed by atoms with E-state index in [1.54, 1.807) is 6.33 Å². The van der Waals surface area contributed by atoms with Gasteiger partial charge < -0.3 is 9.40 Å². The number of fused-ring (bicyclic) bond motifs is 2. The topological polar surface area (TPSA) is 97.6 Å². The first kappa shape index (κ1) is 13.9. The van der Waals surface area contributed by atoms with Crippen molar-refractivity contribution >= 4 is 33.8 Å². The van der Waals surface area contributed by atoms with Crippen molar-refractivity contribution in [1.82, 2.24) is 24.9 Å². The summed E-state index contributed by atoms with van der Waals surface area (Å²) >= 11 is 1.40. The van der Waals surface area contributed by atoms with E-state index >= 15 is 0 Å². The molecule has 8 heteroatoms. The molecular formula is C15H11N5O2S. The Bertz CT molecular complexity index is 1070. The molecule has 3 heterocycles. The van der Waals surface area contributed by atoms with Gasteiger partial charge in [-0.25, -0.2) is 24.7 Å². The third-order valence-corrected chi connectivity index (χ3v) is 4.39. The normalized spacial score (nSPS) is 11.3. The van der Waals surface area contributed by atoms with Crippen LogP contribution >= 0.6 is 11.8 Å². The van der Waals surface area contributed by atoms with Crippen LogP contribution in [0, 0.1) is 6.92 Å². The lowest BCUT2D eigenvalue weighted by atomic mass is 10.1. The molecule has 0 saturated carbocycles. The molecule has 1 aromatic carbocycles. The van der Waals surface area contributed by atoms with Gasteiger partial charge >= 0.3 is 5.63 Å². The van der Waals surface area contributed by atoms with E-state index in [4.69, 9.17) is 4.42 Å². The molecule has 0 aliphatic carbocycles. The number of benzene rings is 1. The molecule has 0 fully saturated rings. The second kappa shape index (κ2) is 5.47. The number of nitrogens with one attached hydrogen (secondary N) is 1. The molecule has 3 aromatic heterocycles. The molecule has 0 atom stereocenters. The predicted octanol–water partition coefficient (Wildman–Crippen LogP) is 2.46. The number of imidazole rings is 1. The molecule has 0 aliphatic heterocycles. The Balaban J connectivity index is 1.68. The van der Waals surface area contributed by atoms with Crippen molar-refractivity contribution in [3.63, 3.8) is 0 Å². The summed E-state index contributed by atoms with van der Waals surface area (Å²) in [7, 11) is 0. The van der Waals surface area contributed by atoms with Crippen molar-refractivity contribution in [2.45, 2.75) is 17.7 Å². The molecule has 114 valence electrons. The van der Waals surface area contributed by atoms with Gasteiger partial charge in [-0.2, -0.15) is 0 Å². The maximum atomic E-state index is 12.1. The van der Waals surface area contributed by atoms with Crippen LogP contribution in [-0.2, 0) is 5.75 Å². The maximum absolute atomic E-state index is 12.1. The Morgan fingerprint density at radius 2 is 2.17 bits per heavy atom. The van der Waals surface area contributed by atoms with Gasteiger partial charge in [0.1, 0.15) is 16.9 Å². The maximum Gasteiger partial charge on any atom is 0.347 e. The number of H-pyrrole nitrogens is 1. The van der Waals surface area contributed by atoms with Crippen molar-refractivity contribution < 1.29 is 4.42 Å². The van der Waals surface area contributed by atoms with E-state index in [9.17, 15) is 4.79 Å². The van der Waals surface area contributed by atoms with Gasteiger partial charge in [-0.15, -0.1) is 0 Å². The van der Waals surface area contributed by atoms with Crippen LogP contribution < -0.4 is 5.63 Å². The molecule has 4 aromatic rings. The first-order valence-corrected chi connectivity index (χ1v) is 7.87. The fourth-order valence-electron chi connectivity index (χ4n) is 2.37. The molecule has 0 aliphatic rings. The van der Waals surface area contributed by atoms with Gasteiger partial charge in [0.15, 0.2) is 5.65 Å². The van der Waals surface area contributed by atoms with Crippen molar-refractivity contribution in [3.8, 4) is 0 Å². The van der Waals surface area contributed by atoms with Crippen LogP contribution in [-0.4, -0.2) is 24.9 Å². The van der Waals surface area contributed by atoms with Crippen molar-refractivity contribution in [2.75, 3.05) is 0 Å². The third-order valence-electron chi connectivity index (χ3n) is 3.43. The average Bonchev–Trinajstić information content (AvgIpc) is 3.02. The molecule has 23 heavy (non-hydrogen) atoms. The van der Waals surface area contributed by atoms with Gasteiger partial charge in [-0.05, 0) is 18.6 Å². The van der Waals surface area contributed by atoms with E-state index in [0.717, 1.165) is 5.56 Å².